The van der Waals surface area contributed by atoms with E-state index in [1.165, 1.54) is 57.6 Å². The number of amides is 1. The first-order chi connectivity index (χ1) is 15.2. The molecule has 1 amide bonds. The van der Waals surface area contributed by atoms with E-state index >= 15 is 0 Å². The monoisotopic (exact) mass is 465 g/mol. The average molecular weight is 466 g/mol. The second-order valence-corrected chi connectivity index (χ2v) is 11.0. The molecule has 174 valence electrons. The van der Waals surface area contributed by atoms with E-state index < -0.39 is 11.7 Å². The standard InChI is InChI=1S/C24H30F3N3OS/c1-3-29-21(30(15(2)31)20-6-4-19(5-7-20)24(25,26)27)14-32-22(29)28-23-11-16-8-17(12-23)10-18(9-16)13-23/h4-7,16-18,21H,3,8-14H2,1-2H3. The fraction of sp³-hybridized carbons (Fsp3) is 0.667. The highest BCUT2D eigenvalue weighted by Crippen LogP contribution is 2.57. The predicted molar refractivity (Wildman–Crippen MR) is 122 cm³/mol. The van der Waals surface area contributed by atoms with Crippen LogP contribution in [0.25, 0.3) is 0 Å². The summed E-state index contributed by atoms with van der Waals surface area (Å²) >= 11 is 1.68. The van der Waals surface area contributed by atoms with E-state index in [0.29, 0.717) is 18.0 Å². The number of carbonyl (C=O) groups excluding carboxylic acids is 1. The quantitative estimate of drug-likeness (QED) is 0.566. The van der Waals surface area contributed by atoms with E-state index in [2.05, 4.69) is 11.8 Å². The largest absolute Gasteiger partial charge is 0.416 e. The van der Waals surface area contributed by atoms with Crippen LogP contribution >= 0.6 is 11.8 Å². The van der Waals surface area contributed by atoms with Crippen LogP contribution in [0.15, 0.2) is 29.3 Å². The molecule has 5 fully saturated rings. The van der Waals surface area contributed by atoms with Crippen molar-refractivity contribution < 1.29 is 18.0 Å². The summed E-state index contributed by atoms with van der Waals surface area (Å²) in [6, 6.07) is 4.90. The molecular formula is C24H30F3N3OS. The van der Waals surface area contributed by atoms with Gasteiger partial charge in [-0.05, 0) is 87.5 Å². The van der Waals surface area contributed by atoms with E-state index in [0.717, 1.165) is 35.1 Å². The molecule has 0 aromatic heterocycles. The highest BCUT2D eigenvalue weighted by atomic mass is 32.2. The Morgan fingerprint density at radius 1 is 1.12 bits per heavy atom. The van der Waals surface area contributed by atoms with Crippen LogP contribution in [0.1, 0.15) is 57.9 Å². The summed E-state index contributed by atoms with van der Waals surface area (Å²) in [5.74, 6) is 2.92. The molecule has 0 N–H and O–H groups in total. The first-order valence-electron chi connectivity index (χ1n) is 11.6. The van der Waals surface area contributed by atoms with E-state index in [4.69, 9.17) is 4.99 Å². The Hall–Kier alpha value is -1.70. The molecule has 5 aliphatic rings. The van der Waals surface area contributed by atoms with E-state index in [-0.39, 0.29) is 17.6 Å². The lowest BCUT2D eigenvalue weighted by molar-refractivity contribution is -0.137. The smallest absolute Gasteiger partial charge is 0.330 e. The molecule has 6 rings (SSSR count). The molecule has 1 aromatic carbocycles. The summed E-state index contributed by atoms with van der Waals surface area (Å²) in [5.41, 5.74) is -0.165. The third kappa shape index (κ3) is 3.93. The number of rotatable bonds is 4. The van der Waals surface area contributed by atoms with Crippen LogP contribution in [0.3, 0.4) is 0 Å². The molecular weight excluding hydrogens is 435 g/mol. The van der Waals surface area contributed by atoms with Crippen molar-refractivity contribution in [2.75, 3.05) is 17.2 Å². The SMILES string of the molecule is CCN1C(=NC23CC4CC(CC(C4)C2)C3)SCC1N(C(C)=O)c1ccc(C(F)(F)F)cc1. The minimum atomic E-state index is -4.39. The van der Waals surface area contributed by atoms with Gasteiger partial charge in [0, 0.05) is 24.9 Å². The summed E-state index contributed by atoms with van der Waals surface area (Å²) in [7, 11) is 0. The number of nitrogens with zero attached hydrogens (tertiary/aromatic N) is 3. The van der Waals surface area contributed by atoms with Gasteiger partial charge in [0.05, 0.1) is 11.1 Å². The Morgan fingerprint density at radius 2 is 1.69 bits per heavy atom. The third-order valence-electron chi connectivity index (χ3n) is 7.76. The van der Waals surface area contributed by atoms with E-state index in [1.807, 2.05) is 0 Å². The van der Waals surface area contributed by atoms with Crippen molar-refractivity contribution in [1.29, 1.82) is 0 Å². The summed E-state index contributed by atoms with van der Waals surface area (Å²) < 4.78 is 39.0. The molecule has 1 aliphatic heterocycles. The van der Waals surface area contributed by atoms with Gasteiger partial charge in [0.2, 0.25) is 5.91 Å². The highest BCUT2D eigenvalue weighted by molar-refractivity contribution is 8.14. The van der Waals surface area contributed by atoms with Gasteiger partial charge >= 0.3 is 6.18 Å². The van der Waals surface area contributed by atoms with Crippen LogP contribution in [0.2, 0.25) is 0 Å². The van der Waals surface area contributed by atoms with Gasteiger partial charge in [-0.2, -0.15) is 13.2 Å². The van der Waals surface area contributed by atoms with Gasteiger partial charge in [-0.3, -0.25) is 14.7 Å². The molecule has 32 heavy (non-hydrogen) atoms. The predicted octanol–water partition coefficient (Wildman–Crippen LogP) is 5.78. The second kappa shape index (κ2) is 7.96. The highest BCUT2D eigenvalue weighted by Gasteiger charge is 2.52. The van der Waals surface area contributed by atoms with Crippen LogP contribution in [0.5, 0.6) is 0 Å². The maximum atomic E-state index is 13.0. The topological polar surface area (TPSA) is 35.9 Å². The van der Waals surface area contributed by atoms with Gasteiger partial charge in [0.25, 0.3) is 0 Å². The zero-order valence-electron chi connectivity index (χ0n) is 18.6. The van der Waals surface area contributed by atoms with Crippen LogP contribution in [0, 0.1) is 17.8 Å². The number of amidine groups is 1. The number of alkyl halides is 3. The minimum absolute atomic E-state index is 0.0504. The van der Waals surface area contributed by atoms with Crippen molar-refractivity contribution >= 4 is 28.5 Å². The van der Waals surface area contributed by atoms with Gasteiger partial charge in [-0.1, -0.05) is 11.8 Å². The van der Waals surface area contributed by atoms with Gasteiger partial charge in [0.1, 0.15) is 6.17 Å². The maximum Gasteiger partial charge on any atom is 0.416 e. The first-order valence-corrected chi connectivity index (χ1v) is 12.6. The molecule has 0 spiro atoms. The zero-order valence-corrected chi connectivity index (χ0v) is 19.4. The Morgan fingerprint density at radius 3 is 2.16 bits per heavy atom. The lowest BCUT2D eigenvalue weighted by Crippen LogP contribution is -2.52. The Kier molecular flexibility index (Phi) is 5.50. The van der Waals surface area contributed by atoms with Crippen molar-refractivity contribution in [2.45, 2.75) is 70.3 Å². The summed E-state index contributed by atoms with van der Waals surface area (Å²) in [6.07, 6.45) is 3.00. The molecule has 4 bridgehead atoms. The molecule has 1 saturated heterocycles. The molecule has 1 aromatic rings. The summed E-state index contributed by atoms with van der Waals surface area (Å²) in [6.45, 7) is 4.23. The fourth-order valence-electron chi connectivity index (χ4n) is 6.89. The van der Waals surface area contributed by atoms with Crippen molar-refractivity contribution in [3.05, 3.63) is 29.8 Å². The van der Waals surface area contributed by atoms with Crippen LogP contribution < -0.4 is 4.90 Å². The van der Waals surface area contributed by atoms with Gasteiger partial charge < -0.3 is 4.90 Å². The Bertz CT molecular complexity index is 879. The minimum Gasteiger partial charge on any atom is -0.330 e. The summed E-state index contributed by atoms with van der Waals surface area (Å²) in [5, 5.41) is 0.998. The molecule has 4 nitrogen and oxygen atoms in total. The molecule has 8 heteroatoms. The number of aliphatic imine (C=N–C) groups is 1. The molecule has 0 radical (unpaired) electrons. The zero-order chi connectivity index (χ0) is 22.7. The fourth-order valence-corrected chi connectivity index (χ4v) is 8.19. The van der Waals surface area contributed by atoms with Crippen molar-refractivity contribution in [3.63, 3.8) is 0 Å². The third-order valence-corrected chi connectivity index (χ3v) is 8.81. The van der Waals surface area contributed by atoms with Gasteiger partial charge in [-0.15, -0.1) is 0 Å². The molecule has 1 atom stereocenters. The molecule has 1 unspecified atom stereocenters. The van der Waals surface area contributed by atoms with E-state index in [1.54, 1.807) is 16.7 Å². The number of carbonyl (C=O) groups is 1. The maximum absolute atomic E-state index is 13.0. The second-order valence-electron chi connectivity index (χ2n) is 10.0. The van der Waals surface area contributed by atoms with Crippen molar-refractivity contribution in [3.8, 4) is 0 Å². The van der Waals surface area contributed by atoms with Gasteiger partial charge in [0.15, 0.2) is 5.17 Å². The number of benzene rings is 1. The molecule has 4 aliphatic carbocycles. The molecule has 4 saturated carbocycles. The number of halogens is 3. The van der Waals surface area contributed by atoms with Crippen LogP contribution in [-0.4, -0.2) is 40.0 Å². The van der Waals surface area contributed by atoms with Crippen molar-refractivity contribution in [1.82, 2.24) is 4.90 Å². The van der Waals surface area contributed by atoms with E-state index in [9.17, 15) is 18.0 Å². The van der Waals surface area contributed by atoms with Crippen LogP contribution in [0.4, 0.5) is 18.9 Å². The van der Waals surface area contributed by atoms with Crippen molar-refractivity contribution in [2.24, 2.45) is 22.7 Å². The number of hydrogen-bond acceptors (Lipinski definition) is 3. The first kappa shape index (κ1) is 22.1. The number of anilines is 1. The lowest BCUT2D eigenvalue weighted by atomic mass is 9.53. The summed E-state index contributed by atoms with van der Waals surface area (Å²) in [4.78, 5) is 21.8. The normalized spacial score (nSPS) is 35.0. The Labute approximate surface area is 191 Å². The average Bonchev–Trinajstić information content (AvgIpc) is 3.07. The Balaban J connectivity index is 1.41. The van der Waals surface area contributed by atoms with Gasteiger partial charge in [-0.25, -0.2) is 0 Å². The number of thioether (sulfide) groups is 1. The lowest BCUT2D eigenvalue weighted by Gasteiger charge is -2.55. The number of hydrogen-bond donors (Lipinski definition) is 0. The molecule has 1 heterocycles. The van der Waals surface area contributed by atoms with Crippen LogP contribution in [-0.2, 0) is 11.0 Å².